The molecule has 0 radical (unpaired) electrons. The zero-order valence-electron chi connectivity index (χ0n) is 17.0. The molecule has 0 bridgehead atoms. The van der Waals surface area contributed by atoms with Gasteiger partial charge in [-0.25, -0.2) is 0 Å². The summed E-state index contributed by atoms with van der Waals surface area (Å²) in [5, 5.41) is 0. The molecule has 170 valence electrons. The highest BCUT2D eigenvalue weighted by molar-refractivity contribution is 6.98. The maximum atomic E-state index is 12.8. The van der Waals surface area contributed by atoms with E-state index in [1.807, 2.05) is 0 Å². The number of rotatable bonds is 4. The molecule has 0 aliphatic carbocycles. The Kier molecular flexibility index (Phi) is 8.15. The molecule has 0 aromatic heterocycles. The van der Waals surface area contributed by atoms with Crippen LogP contribution in [0.2, 0.25) is 19.6 Å². The van der Waals surface area contributed by atoms with Crippen LogP contribution in [0.3, 0.4) is 0 Å². The second-order valence-electron chi connectivity index (χ2n) is 7.82. The van der Waals surface area contributed by atoms with Gasteiger partial charge in [0.1, 0.15) is 5.92 Å². The van der Waals surface area contributed by atoms with Gasteiger partial charge in [-0.05, 0) is 30.8 Å². The van der Waals surface area contributed by atoms with Crippen LogP contribution in [0.25, 0.3) is 5.53 Å². The van der Waals surface area contributed by atoms with Gasteiger partial charge < -0.3 is 10.4 Å². The average molecular weight is 465 g/mol. The lowest BCUT2D eigenvalue weighted by Crippen LogP contribution is -2.27. The van der Waals surface area contributed by atoms with Crippen molar-refractivity contribution in [1.29, 1.82) is 0 Å². The molecule has 1 unspecified atom stereocenters. The van der Waals surface area contributed by atoms with E-state index in [9.17, 15) is 35.9 Å². The number of nitrogens with zero attached hydrogens (tertiary/aromatic N) is 3. The number of alkyl halides is 6. The lowest BCUT2D eigenvalue weighted by molar-refractivity contribution is -0.143. The highest BCUT2D eigenvalue weighted by Gasteiger charge is 2.40. The third-order valence-electron chi connectivity index (χ3n) is 4.09. The summed E-state index contributed by atoms with van der Waals surface area (Å²) in [4.78, 5) is 28.2. The summed E-state index contributed by atoms with van der Waals surface area (Å²) in [6.07, 6.45) is -8.95. The minimum atomic E-state index is -5.05. The summed E-state index contributed by atoms with van der Waals surface area (Å²) in [7, 11) is -1.20. The summed E-state index contributed by atoms with van der Waals surface area (Å²) in [5.74, 6) is -1.44. The van der Waals surface area contributed by atoms with E-state index < -0.39 is 54.7 Å². The molecule has 1 saturated heterocycles. The van der Waals surface area contributed by atoms with Crippen LogP contribution < -0.4 is 0 Å². The Bertz CT molecular complexity index is 867. The number of hydrogen-bond acceptors (Lipinski definition) is 2. The predicted octanol–water partition coefficient (Wildman–Crippen LogP) is 5.06. The first-order chi connectivity index (χ1) is 14.0. The van der Waals surface area contributed by atoms with Crippen LogP contribution >= 0.6 is 0 Å². The topological polar surface area (TPSA) is 73.8 Å². The van der Waals surface area contributed by atoms with Gasteiger partial charge in [0, 0.05) is 12.1 Å². The molecule has 1 aromatic rings. The van der Waals surface area contributed by atoms with Gasteiger partial charge in [0.2, 0.25) is 11.7 Å². The molecule has 12 heteroatoms. The third-order valence-corrected chi connectivity index (χ3v) is 4.98. The number of benzene rings is 1. The molecule has 1 heterocycles. The molecule has 1 fully saturated rings. The van der Waals surface area contributed by atoms with Crippen LogP contribution in [-0.4, -0.2) is 41.8 Å². The Morgan fingerprint density at radius 2 is 1.61 bits per heavy atom. The minimum Gasteiger partial charge on any atom is -0.363 e. The van der Waals surface area contributed by atoms with Crippen LogP contribution in [0.5, 0.6) is 0 Å². The van der Waals surface area contributed by atoms with Gasteiger partial charge in [0.25, 0.3) is 0 Å². The minimum absolute atomic E-state index is 0.00127. The molecule has 2 rings (SSSR count). The Labute approximate surface area is 176 Å². The fourth-order valence-corrected chi connectivity index (χ4v) is 2.94. The predicted molar refractivity (Wildman–Crippen MR) is 104 cm³/mol. The molecule has 5 nitrogen and oxygen atoms in total. The zero-order chi connectivity index (χ0) is 24.2. The number of carbonyl (C=O) groups excluding carboxylic acids is 2. The highest BCUT2D eigenvalue weighted by Crippen LogP contribution is 2.37. The van der Waals surface area contributed by atoms with E-state index in [-0.39, 0.29) is 19.0 Å². The average Bonchev–Trinajstić information content (AvgIpc) is 2.99. The van der Waals surface area contributed by atoms with E-state index in [4.69, 9.17) is 5.53 Å². The van der Waals surface area contributed by atoms with Gasteiger partial charge in [-0.3, -0.25) is 9.59 Å². The third kappa shape index (κ3) is 7.48. The first-order valence-electron chi connectivity index (χ1n) is 8.96. The Hall–Kier alpha value is -2.72. The van der Waals surface area contributed by atoms with E-state index in [1.54, 1.807) is 5.84 Å². The van der Waals surface area contributed by atoms with Gasteiger partial charge in [0.15, 0.2) is 13.9 Å². The van der Waals surface area contributed by atoms with Crippen LogP contribution in [0, 0.1) is 5.92 Å². The van der Waals surface area contributed by atoms with Crippen molar-refractivity contribution >= 4 is 25.6 Å². The standard InChI is InChI=1S/C15H11F6NO2.C4H10N2Si/c1-2-22-4-3-11(13(22)24)12(23)8-5-9(14(16,17)18)7-10(6-8)15(19,20)21;1-7(2,3)4-6-5/h2,5-7,11H,1,3-4H2;4H,1-3H3. The summed E-state index contributed by atoms with van der Waals surface area (Å²) in [6, 6.07) is 0.603. The van der Waals surface area contributed by atoms with Gasteiger partial charge in [-0.15, -0.1) is 0 Å². The molecule has 1 aliphatic heterocycles. The molecular weight excluding hydrogens is 444 g/mol. The van der Waals surface area contributed by atoms with Crippen molar-refractivity contribution in [3.63, 3.8) is 0 Å². The largest absolute Gasteiger partial charge is 0.416 e. The maximum absolute atomic E-state index is 12.8. The zero-order valence-corrected chi connectivity index (χ0v) is 18.0. The molecule has 31 heavy (non-hydrogen) atoms. The number of ketones is 1. The van der Waals surface area contributed by atoms with E-state index in [2.05, 4.69) is 31.0 Å². The molecule has 1 aliphatic rings. The molecule has 0 spiro atoms. The number of carbonyl (C=O) groups is 2. The number of amides is 1. The Morgan fingerprint density at radius 3 is 1.90 bits per heavy atom. The summed E-state index contributed by atoms with van der Waals surface area (Å²) < 4.78 is 76.8. The number of halogens is 6. The normalized spacial score (nSPS) is 16.9. The monoisotopic (exact) mass is 465 g/mol. The fourth-order valence-electron chi connectivity index (χ4n) is 2.60. The molecule has 0 saturated carbocycles. The molecule has 1 atom stereocenters. The van der Waals surface area contributed by atoms with E-state index in [0.29, 0.717) is 12.1 Å². The van der Waals surface area contributed by atoms with Crippen LogP contribution in [0.15, 0.2) is 31.0 Å². The summed E-state index contributed by atoms with van der Waals surface area (Å²) in [6.45, 7) is 9.79. The number of hydrogen-bond donors (Lipinski definition) is 0. The molecule has 0 N–H and O–H groups in total. The van der Waals surface area contributed by atoms with Crippen molar-refractivity contribution in [3.8, 4) is 0 Å². The number of likely N-dealkylation sites (tertiary alicyclic amines) is 1. The fraction of sp³-hybridized carbons (Fsp3) is 0.421. The van der Waals surface area contributed by atoms with Crippen molar-refractivity contribution < 1.29 is 40.7 Å². The van der Waals surface area contributed by atoms with Crippen molar-refractivity contribution in [3.05, 3.63) is 53.2 Å². The van der Waals surface area contributed by atoms with Crippen LogP contribution in [0.1, 0.15) is 27.9 Å². The van der Waals surface area contributed by atoms with Crippen molar-refractivity contribution in [2.24, 2.45) is 5.92 Å². The SMILES string of the molecule is C=CN1CCC(C(=O)c2cc(C(F)(F)F)cc(C(F)(F)F)c2)C1=O.C[Si](C)(C)C=[N+]=[N-]. The summed E-state index contributed by atoms with van der Waals surface area (Å²) in [5.41, 5.74) is 4.03. The maximum Gasteiger partial charge on any atom is 0.416 e. The van der Waals surface area contributed by atoms with Gasteiger partial charge in [-0.2, -0.15) is 31.1 Å². The number of Topliss-reactive ketones (excluding diaryl/α,β-unsaturated/α-hetero) is 1. The Morgan fingerprint density at radius 1 is 1.13 bits per heavy atom. The first kappa shape index (κ1) is 26.3. The van der Waals surface area contributed by atoms with Crippen molar-refractivity contribution in [2.75, 3.05) is 6.54 Å². The van der Waals surface area contributed by atoms with E-state index in [1.165, 1.54) is 0 Å². The first-order valence-corrected chi connectivity index (χ1v) is 12.5. The second-order valence-corrected chi connectivity index (χ2v) is 12.8. The molecule has 1 aromatic carbocycles. The summed E-state index contributed by atoms with van der Waals surface area (Å²) >= 11 is 0. The van der Waals surface area contributed by atoms with Gasteiger partial charge >= 0.3 is 12.4 Å². The van der Waals surface area contributed by atoms with Gasteiger partial charge in [0.05, 0.1) is 11.1 Å². The quantitative estimate of drug-likeness (QED) is 0.119. The molecular formula is C19H21F6N3O2Si. The Balaban J connectivity index is 0.000000592. The molecule has 1 amide bonds. The van der Waals surface area contributed by atoms with Crippen LogP contribution in [0.4, 0.5) is 26.3 Å². The second kappa shape index (κ2) is 9.61. The lowest BCUT2D eigenvalue weighted by Gasteiger charge is -2.15. The smallest absolute Gasteiger partial charge is 0.363 e. The van der Waals surface area contributed by atoms with Crippen molar-refractivity contribution in [1.82, 2.24) is 4.90 Å². The highest BCUT2D eigenvalue weighted by atomic mass is 28.3. The van der Waals surface area contributed by atoms with Crippen molar-refractivity contribution in [2.45, 2.75) is 38.4 Å². The van der Waals surface area contributed by atoms with E-state index >= 15 is 0 Å². The van der Waals surface area contributed by atoms with E-state index in [0.717, 1.165) is 11.1 Å². The lowest BCUT2D eigenvalue weighted by atomic mass is 9.93. The van der Waals surface area contributed by atoms with Gasteiger partial charge in [-0.1, -0.05) is 26.2 Å². The van der Waals surface area contributed by atoms with Crippen LogP contribution in [-0.2, 0) is 17.1 Å².